The highest BCUT2D eigenvalue weighted by molar-refractivity contribution is 6.05. The van der Waals surface area contributed by atoms with Gasteiger partial charge in [0.1, 0.15) is 5.75 Å². The van der Waals surface area contributed by atoms with E-state index >= 15 is 0 Å². The Bertz CT molecular complexity index is 1620. The molecule has 2 atom stereocenters. The fourth-order valence-corrected chi connectivity index (χ4v) is 5.52. The molecule has 15 heteroatoms. The fraction of sp³-hybridized carbons (Fsp3) is 0.412. The van der Waals surface area contributed by atoms with E-state index in [-0.39, 0.29) is 23.6 Å². The van der Waals surface area contributed by atoms with Crippen molar-refractivity contribution in [1.82, 2.24) is 0 Å². The molecule has 4 amide bonds. The molecule has 2 N–H and O–H groups in total. The van der Waals surface area contributed by atoms with Crippen LogP contribution in [-0.4, -0.2) is 48.5 Å². The smallest absolute Gasteiger partial charge is 0.426 e. The maximum absolute atomic E-state index is 14.7. The van der Waals surface area contributed by atoms with Crippen LogP contribution in [0.5, 0.6) is 5.75 Å². The van der Waals surface area contributed by atoms with Gasteiger partial charge in [-0.25, -0.2) is 18.4 Å². The van der Waals surface area contributed by atoms with E-state index in [2.05, 4.69) is 15.4 Å². The van der Waals surface area contributed by atoms with E-state index in [1.807, 2.05) is 6.92 Å². The summed E-state index contributed by atoms with van der Waals surface area (Å²) in [6.45, 7) is 3.60. The topological polar surface area (TPSA) is 73.9 Å². The van der Waals surface area contributed by atoms with Crippen molar-refractivity contribution in [3.05, 3.63) is 78.9 Å². The van der Waals surface area contributed by atoms with Gasteiger partial charge in [-0.3, -0.25) is 9.80 Å². The Balaban J connectivity index is 1.50. The molecule has 7 nitrogen and oxygen atoms in total. The summed E-state index contributed by atoms with van der Waals surface area (Å²) in [6, 6.07) is 17.0. The quantitative estimate of drug-likeness (QED) is 0.175. The molecule has 0 heterocycles. The fourth-order valence-electron chi connectivity index (χ4n) is 5.52. The number of nitrogens with one attached hydrogen (secondary N) is 2. The van der Waals surface area contributed by atoms with Gasteiger partial charge in [0.2, 0.25) is 0 Å². The first-order valence-electron chi connectivity index (χ1n) is 15.6. The third-order valence-corrected chi connectivity index (χ3v) is 8.70. The van der Waals surface area contributed by atoms with Gasteiger partial charge in [0.15, 0.2) is 0 Å². The first-order chi connectivity index (χ1) is 23.0. The minimum Gasteiger partial charge on any atom is -0.426 e. The number of carbonyl (C=O) groups is 2. The van der Waals surface area contributed by atoms with Crippen LogP contribution in [0.15, 0.2) is 78.9 Å². The van der Waals surface area contributed by atoms with E-state index in [1.54, 1.807) is 67.6 Å². The van der Waals surface area contributed by atoms with Crippen LogP contribution in [0.1, 0.15) is 39.5 Å². The summed E-state index contributed by atoms with van der Waals surface area (Å²) in [4.78, 5) is 30.2. The van der Waals surface area contributed by atoms with Crippen molar-refractivity contribution in [2.75, 3.05) is 20.4 Å². The van der Waals surface area contributed by atoms with Crippen molar-refractivity contribution >= 4 is 34.8 Å². The molecule has 2 aliphatic rings. The molecular weight excluding hydrogens is 664 g/mol. The first-order valence-corrected chi connectivity index (χ1v) is 15.6. The number of anilines is 4. The Labute approximate surface area is 277 Å². The van der Waals surface area contributed by atoms with E-state index < -0.39 is 53.9 Å². The van der Waals surface area contributed by atoms with E-state index in [0.29, 0.717) is 17.4 Å². The number of halogens is 8. The summed E-state index contributed by atoms with van der Waals surface area (Å²) in [5, 5.41) is 4.92. The Kier molecular flexibility index (Phi) is 10.0. The summed E-state index contributed by atoms with van der Waals surface area (Å²) in [6.07, 6.45) is -7.96. The Morgan fingerprint density at radius 2 is 1.16 bits per heavy atom. The maximum atomic E-state index is 14.7. The van der Waals surface area contributed by atoms with Crippen LogP contribution in [0.25, 0.3) is 0 Å². The van der Waals surface area contributed by atoms with Crippen LogP contribution in [0.2, 0.25) is 0 Å². The number of alkyl halides is 8. The average molecular weight is 699 g/mol. The van der Waals surface area contributed by atoms with Gasteiger partial charge in [0.25, 0.3) is 0 Å². The number of ether oxygens (including phenoxy) is 1. The van der Waals surface area contributed by atoms with Crippen LogP contribution in [-0.2, 0) is 0 Å². The Morgan fingerprint density at radius 3 is 1.59 bits per heavy atom. The van der Waals surface area contributed by atoms with Gasteiger partial charge in [0.05, 0.1) is 5.69 Å². The minimum atomic E-state index is -6.67. The number of nitrogens with zero attached hydrogens (tertiary/aromatic N) is 2. The van der Waals surface area contributed by atoms with Crippen LogP contribution < -0.4 is 25.2 Å². The normalized spacial score (nSPS) is 16.5. The molecule has 3 aromatic rings. The molecular formula is C34H34F8N4O3. The minimum absolute atomic E-state index is 0.0873. The number of para-hydroxylation sites is 2. The van der Waals surface area contributed by atoms with Crippen molar-refractivity contribution in [3.8, 4) is 5.75 Å². The molecule has 2 fully saturated rings. The van der Waals surface area contributed by atoms with Crippen molar-refractivity contribution in [3.63, 3.8) is 0 Å². The zero-order valence-corrected chi connectivity index (χ0v) is 26.4. The van der Waals surface area contributed by atoms with Crippen LogP contribution in [0.3, 0.4) is 0 Å². The molecule has 0 aromatic heterocycles. The maximum Gasteiger partial charge on any atom is 0.471 e. The highest BCUT2D eigenvalue weighted by atomic mass is 19.4. The number of benzene rings is 3. The van der Waals surface area contributed by atoms with Crippen LogP contribution in [0, 0.1) is 11.8 Å². The summed E-state index contributed by atoms with van der Waals surface area (Å²) in [5.74, 6) is -14.1. The molecule has 5 rings (SSSR count). The second kappa shape index (κ2) is 13.7. The predicted molar refractivity (Wildman–Crippen MR) is 168 cm³/mol. The summed E-state index contributed by atoms with van der Waals surface area (Å²) >= 11 is 0. The first kappa shape index (κ1) is 35.7. The van der Waals surface area contributed by atoms with Crippen molar-refractivity contribution in [2.24, 2.45) is 11.8 Å². The van der Waals surface area contributed by atoms with E-state index in [9.17, 15) is 44.7 Å². The third kappa shape index (κ3) is 7.54. The SMILES string of the molecule is CC(C1CC1)N(C(=O)Nc1ccc(OC(F)(F)C(F)(F)C(F)(F)C(F)F)c(NC(=O)N(c2ccccc2)C(C)C2CC2)c1)c1ccccc1. The molecule has 2 saturated carbocycles. The number of hydrogen-bond acceptors (Lipinski definition) is 3. The third-order valence-electron chi connectivity index (χ3n) is 8.70. The molecule has 0 aliphatic heterocycles. The lowest BCUT2D eigenvalue weighted by Crippen LogP contribution is -2.59. The van der Waals surface area contributed by atoms with E-state index in [0.717, 1.165) is 37.8 Å². The zero-order valence-electron chi connectivity index (χ0n) is 26.4. The molecule has 0 radical (unpaired) electrons. The molecule has 0 bridgehead atoms. The molecule has 2 aliphatic carbocycles. The van der Waals surface area contributed by atoms with E-state index in [4.69, 9.17) is 0 Å². The second-order valence-electron chi connectivity index (χ2n) is 12.3. The number of rotatable bonds is 13. The van der Waals surface area contributed by atoms with Gasteiger partial charge in [0, 0.05) is 29.1 Å². The molecule has 2 unspecified atom stereocenters. The molecule has 49 heavy (non-hydrogen) atoms. The molecule has 264 valence electrons. The van der Waals surface area contributed by atoms with Gasteiger partial charge in [-0.15, -0.1) is 0 Å². The van der Waals surface area contributed by atoms with Gasteiger partial charge in [-0.1, -0.05) is 36.4 Å². The van der Waals surface area contributed by atoms with Crippen molar-refractivity contribution < 1.29 is 49.4 Å². The van der Waals surface area contributed by atoms with Gasteiger partial charge in [-0.05, 0) is 93.8 Å². The summed E-state index contributed by atoms with van der Waals surface area (Å²) in [7, 11) is 0. The molecule has 0 spiro atoms. The lowest BCUT2D eigenvalue weighted by molar-refractivity contribution is -0.389. The average Bonchev–Trinajstić information content (AvgIpc) is 3.97. The predicted octanol–water partition coefficient (Wildman–Crippen LogP) is 9.87. The largest absolute Gasteiger partial charge is 0.471 e. The van der Waals surface area contributed by atoms with Gasteiger partial charge in [-0.2, -0.15) is 26.3 Å². The lowest BCUT2D eigenvalue weighted by Gasteiger charge is -2.33. The van der Waals surface area contributed by atoms with Gasteiger partial charge >= 0.3 is 36.4 Å². The Hall–Kier alpha value is -4.56. The monoisotopic (exact) mass is 698 g/mol. The van der Waals surface area contributed by atoms with E-state index in [1.165, 1.54) is 9.80 Å². The number of urea groups is 2. The zero-order chi connectivity index (χ0) is 35.7. The second-order valence-corrected chi connectivity index (χ2v) is 12.3. The Morgan fingerprint density at radius 1 is 0.714 bits per heavy atom. The molecule has 3 aromatic carbocycles. The lowest BCUT2D eigenvalue weighted by atomic mass is 10.1. The number of carbonyl (C=O) groups excluding carboxylic acids is 2. The summed E-state index contributed by atoms with van der Waals surface area (Å²) < 4.78 is 115. The van der Waals surface area contributed by atoms with Crippen LogP contribution in [0.4, 0.5) is 67.5 Å². The number of amides is 4. The number of hydrogen-bond donors (Lipinski definition) is 2. The highest BCUT2D eigenvalue weighted by Crippen LogP contribution is 2.50. The molecule has 0 saturated heterocycles. The van der Waals surface area contributed by atoms with Crippen molar-refractivity contribution in [1.29, 1.82) is 0 Å². The highest BCUT2D eigenvalue weighted by Gasteiger charge is 2.77. The van der Waals surface area contributed by atoms with Crippen molar-refractivity contribution in [2.45, 2.75) is 76.0 Å². The van der Waals surface area contributed by atoms with Gasteiger partial charge < -0.3 is 15.4 Å². The summed E-state index contributed by atoms with van der Waals surface area (Å²) in [5.41, 5.74) is 0.0877. The van der Waals surface area contributed by atoms with Crippen LogP contribution >= 0.6 is 0 Å². The standard InChI is InChI=1S/C34H34F8N4O3/c1-20(22-13-14-22)45(25-9-5-3-6-10-25)30(47)43-24-17-18-28(49-34(41,42)33(39,40)32(37,38)29(35)36)27(19-24)44-31(48)46(21(2)23-15-16-23)26-11-7-4-8-12-26/h3-12,17-23,29H,13-16H2,1-2H3,(H,43,47)(H,44,48).